The highest BCUT2D eigenvalue weighted by atomic mass is 19.1. The second kappa shape index (κ2) is 8.09. The van der Waals surface area contributed by atoms with E-state index in [1.165, 1.54) is 6.20 Å². The van der Waals surface area contributed by atoms with E-state index in [2.05, 4.69) is 11.1 Å². The zero-order valence-electron chi connectivity index (χ0n) is 15.1. The SMILES string of the molecule is CC.CC(C)(C)OC(=O)N1CCC(C#N)(c2ccncc2F)CC1. The molecule has 0 bridgehead atoms. The van der Waals surface area contributed by atoms with E-state index in [-0.39, 0.29) is 0 Å². The molecule has 6 heteroatoms. The molecule has 2 rings (SSSR count). The molecule has 0 N–H and O–H groups in total. The monoisotopic (exact) mass is 335 g/mol. The number of halogens is 1. The molecular weight excluding hydrogens is 309 g/mol. The van der Waals surface area contributed by atoms with E-state index in [9.17, 15) is 14.4 Å². The van der Waals surface area contributed by atoms with Gasteiger partial charge >= 0.3 is 6.09 Å². The molecule has 1 aromatic rings. The van der Waals surface area contributed by atoms with E-state index in [4.69, 9.17) is 4.74 Å². The maximum Gasteiger partial charge on any atom is 0.410 e. The number of rotatable bonds is 1. The lowest BCUT2D eigenvalue weighted by atomic mass is 9.74. The molecule has 0 saturated carbocycles. The molecule has 24 heavy (non-hydrogen) atoms. The molecular formula is C18H26FN3O2. The number of carbonyl (C=O) groups is 1. The van der Waals surface area contributed by atoms with Gasteiger partial charge in [-0.25, -0.2) is 9.18 Å². The van der Waals surface area contributed by atoms with Crippen LogP contribution >= 0.6 is 0 Å². The molecule has 1 aliphatic rings. The highest BCUT2D eigenvalue weighted by Gasteiger charge is 2.40. The van der Waals surface area contributed by atoms with Crippen molar-refractivity contribution in [2.24, 2.45) is 0 Å². The number of ether oxygens (including phenoxy) is 1. The molecule has 132 valence electrons. The maximum absolute atomic E-state index is 14.0. The number of pyridine rings is 1. The summed E-state index contributed by atoms with van der Waals surface area (Å²) in [5.41, 5.74) is -1.11. The minimum atomic E-state index is -0.911. The molecule has 1 saturated heterocycles. The minimum Gasteiger partial charge on any atom is -0.444 e. The third kappa shape index (κ3) is 4.67. The first-order valence-corrected chi connectivity index (χ1v) is 8.27. The van der Waals surface area contributed by atoms with Crippen molar-refractivity contribution in [3.8, 4) is 6.07 Å². The topological polar surface area (TPSA) is 66.2 Å². The van der Waals surface area contributed by atoms with Crippen molar-refractivity contribution in [2.45, 2.75) is 58.5 Å². The van der Waals surface area contributed by atoms with Crippen molar-refractivity contribution in [1.29, 1.82) is 5.26 Å². The summed E-state index contributed by atoms with van der Waals surface area (Å²) in [5.74, 6) is -0.477. The largest absolute Gasteiger partial charge is 0.444 e. The summed E-state index contributed by atoms with van der Waals surface area (Å²) in [5, 5.41) is 9.56. The number of piperidine rings is 1. The Morgan fingerprint density at radius 2 is 1.96 bits per heavy atom. The predicted molar refractivity (Wildman–Crippen MR) is 89.9 cm³/mol. The molecule has 0 atom stereocenters. The first-order valence-electron chi connectivity index (χ1n) is 8.27. The lowest BCUT2D eigenvalue weighted by Gasteiger charge is -2.38. The summed E-state index contributed by atoms with van der Waals surface area (Å²) < 4.78 is 19.3. The lowest BCUT2D eigenvalue weighted by molar-refractivity contribution is 0.0184. The number of hydrogen-bond acceptors (Lipinski definition) is 4. The van der Waals surface area contributed by atoms with Crippen LogP contribution in [-0.4, -0.2) is 34.7 Å². The molecule has 0 aromatic carbocycles. The summed E-state index contributed by atoms with van der Waals surface area (Å²) in [4.78, 5) is 17.3. The van der Waals surface area contributed by atoms with Gasteiger partial charge in [-0.1, -0.05) is 13.8 Å². The Morgan fingerprint density at radius 1 is 1.38 bits per heavy atom. The van der Waals surface area contributed by atoms with Crippen LogP contribution in [0.1, 0.15) is 53.0 Å². The van der Waals surface area contributed by atoms with Crippen LogP contribution in [0.5, 0.6) is 0 Å². The van der Waals surface area contributed by atoms with Crippen molar-refractivity contribution in [1.82, 2.24) is 9.88 Å². The highest BCUT2D eigenvalue weighted by Crippen LogP contribution is 2.36. The number of amides is 1. The molecule has 2 heterocycles. The van der Waals surface area contributed by atoms with Gasteiger partial charge in [-0.3, -0.25) is 4.98 Å². The Hall–Kier alpha value is -2.16. The Morgan fingerprint density at radius 3 is 2.42 bits per heavy atom. The number of hydrogen-bond donors (Lipinski definition) is 0. The van der Waals surface area contributed by atoms with E-state index >= 15 is 0 Å². The molecule has 1 aromatic heterocycles. The van der Waals surface area contributed by atoms with Crippen molar-refractivity contribution in [3.05, 3.63) is 29.8 Å². The molecule has 5 nitrogen and oxygen atoms in total. The number of carbonyl (C=O) groups excluding carboxylic acids is 1. The summed E-state index contributed by atoms with van der Waals surface area (Å²) in [7, 11) is 0. The summed E-state index contributed by atoms with van der Waals surface area (Å²) in [6, 6.07) is 3.78. The summed E-state index contributed by atoms with van der Waals surface area (Å²) in [6.45, 7) is 10.1. The second-order valence-electron chi connectivity index (χ2n) is 6.52. The average molecular weight is 335 g/mol. The number of aromatic nitrogens is 1. The van der Waals surface area contributed by atoms with Crippen LogP contribution < -0.4 is 0 Å². The van der Waals surface area contributed by atoms with E-state index in [1.807, 2.05) is 13.8 Å². The van der Waals surface area contributed by atoms with Gasteiger partial charge in [-0.15, -0.1) is 0 Å². The van der Waals surface area contributed by atoms with Gasteiger partial charge in [0.25, 0.3) is 0 Å². The summed E-state index contributed by atoms with van der Waals surface area (Å²) in [6.07, 6.45) is 2.97. The summed E-state index contributed by atoms with van der Waals surface area (Å²) >= 11 is 0. The lowest BCUT2D eigenvalue weighted by Crippen LogP contribution is -2.46. The van der Waals surface area contributed by atoms with Crippen LogP contribution in [0.25, 0.3) is 0 Å². The van der Waals surface area contributed by atoms with Gasteiger partial charge in [0, 0.05) is 24.8 Å². The average Bonchev–Trinajstić information content (AvgIpc) is 2.55. The second-order valence-corrected chi connectivity index (χ2v) is 6.52. The first-order chi connectivity index (χ1) is 11.3. The van der Waals surface area contributed by atoms with Gasteiger partial charge < -0.3 is 9.64 Å². The quantitative estimate of drug-likeness (QED) is 0.777. The molecule has 1 amide bonds. The highest BCUT2D eigenvalue weighted by molar-refractivity contribution is 5.68. The van der Waals surface area contributed by atoms with E-state index < -0.39 is 22.9 Å². The standard InChI is InChI=1S/C16H20FN3O2.C2H6/c1-15(2,3)22-14(21)20-8-5-16(11-18,6-9-20)12-4-7-19-10-13(12)17;1-2/h4,7,10H,5-6,8-9H2,1-3H3;1-2H3. The fourth-order valence-electron chi connectivity index (χ4n) is 2.60. The molecule has 1 aliphatic heterocycles. The van der Waals surface area contributed by atoms with Crippen LogP contribution in [0.2, 0.25) is 0 Å². The van der Waals surface area contributed by atoms with Crippen LogP contribution in [-0.2, 0) is 10.2 Å². The first kappa shape index (κ1) is 19.9. The number of likely N-dealkylation sites (tertiary alicyclic amines) is 1. The van der Waals surface area contributed by atoms with Crippen LogP contribution in [0.4, 0.5) is 9.18 Å². The fourth-order valence-corrected chi connectivity index (χ4v) is 2.60. The minimum absolute atomic E-state index is 0.355. The Bertz CT molecular complexity index is 597. The normalized spacial score (nSPS) is 16.5. The smallest absolute Gasteiger partial charge is 0.410 e. The zero-order valence-corrected chi connectivity index (χ0v) is 15.1. The Kier molecular flexibility index (Phi) is 6.70. The molecule has 1 fully saturated rings. The Balaban J connectivity index is 0.00000139. The third-order valence-corrected chi connectivity index (χ3v) is 3.77. The zero-order chi connectivity index (χ0) is 18.4. The molecule has 0 spiro atoms. The van der Waals surface area contributed by atoms with Crippen molar-refractivity contribution >= 4 is 6.09 Å². The molecule has 0 radical (unpaired) electrons. The van der Waals surface area contributed by atoms with Crippen molar-refractivity contribution in [3.63, 3.8) is 0 Å². The number of nitriles is 1. The third-order valence-electron chi connectivity index (χ3n) is 3.77. The van der Waals surface area contributed by atoms with Crippen LogP contribution in [0, 0.1) is 17.1 Å². The predicted octanol–water partition coefficient (Wildman–Crippen LogP) is 4.04. The van der Waals surface area contributed by atoms with Crippen molar-refractivity contribution < 1.29 is 13.9 Å². The van der Waals surface area contributed by atoms with Crippen LogP contribution in [0.15, 0.2) is 18.5 Å². The van der Waals surface area contributed by atoms with Gasteiger partial charge in [0.05, 0.1) is 17.7 Å². The maximum atomic E-state index is 14.0. The Labute approximate surface area is 143 Å². The number of nitrogens with zero attached hydrogens (tertiary/aromatic N) is 3. The van der Waals surface area contributed by atoms with Gasteiger partial charge in [0.15, 0.2) is 0 Å². The van der Waals surface area contributed by atoms with Gasteiger partial charge in [-0.2, -0.15) is 5.26 Å². The van der Waals surface area contributed by atoms with Gasteiger partial charge in [-0.05, 0) is 39.7 Å². The van der Waals surface area contributed by atoms with Gasteiger partial charge in [0.2, 0.25) is 0 Å². The van der Waals surface area contributed by atoms with E-state index in [0.717, 1.165) is 6.20 Å². The van der Waals surface area contributed by atoms with Crippen LogP contribution in [0.3, 0.4) is 0 Å². The van der Waals surface area contributed by atoms with E-state index in [1.54, 1.807) is 31.7 Å². The molecule has 0 aliphatic carbocycles. The van der Waals surface area contributed by atoms with Gasteiger partial charge in [0.1, 0.15) is 11.4 Å². The van der Waals surface area contributed by atoms with E-state index in [0.29, 0.717) is 31.5 Å². The van der Waals surface area contributed by atoms with Crippen molar-refractivity contribution in [2.75, 3.05) is 13.1 Å². The fraction of sp³-hybridized carbons (Fsp3) is 0.611. The molecule has 0 unspecified atom stereocenters.